The monoisotopic (exact) mass is 413 g/mol. The van der Waals surface area contributed by atoms with Gasteiger partial charge in [-0.2, -0.15) is 0 Å². The van der Waals surface area contributed by atoms with Crippen molar-refractivity contribution in [2.45, 2.75) is 13.3 Å². The molecule has 0 fully saturated rings. The molecule has 1 aliphatic heterocycles. The van der Waals surface area contributed by atoms with E-state index in [1.165, 1.54) is 37.1 Å². The third kappa shape index (κ3) is 5.68. The summed E-state index contributed by atoms with van der Waals surface area (Å²) in [6, 6.07) is 11.6. The minimum absolute atomic E-state index is 0.0609. The molecule has 29 heavy (non-hydrogen) atoms. The van der Waals surface area contributed by atoms with Crippen LogP contribution < -0.4 is 10.6 Å². The SMILES string of the molecule is COC(=O)CC1=CC(SCC(=O)Nc2ccc(F)cc2C)=Nc2ccccc2N1. The summed E-state index contributed by atoms with van der Waals surface area (Å²) in [6.45, 7) is 1.73. The lowest BCUT2D eigenvalue weighted by molar-refractivity contribution is -0.139. The maximum Gasteiger partial charge on any atom is 0.311 e. The molecule has 2 aromatic carbocycles. The van der Waals surface area contributed by atoms with Gasteiger partial charge in [-0.3, -0.25) is 9.59 Å². The van der Waals surface area contributed by atoms with E-state index in [9.17, 15) is 14.0 Å². The first kappa shape index (κ1) is 20.6. The van der Waals surface area contributed by atoms with Crippen LogP contribution in [0.4, 0.5) is 21.5 Å². The van der Waals surface area contributed by atoms with E-state index < -0.39 is 0 Å². The van der Waals surface area contributed by atoms with Gasteiger partial charge >= 0.3 is 5.97 Å². The molecule has 0 atom stereocenters. The van der Waals surface area contributed by atoms with Crippen LogP contribution in [0, 0.1) is 12.7 Å². The van der Waals surface area contributed by atoms with Gasteiger partial charge in [-0.25, -0.2) is 9.38 Å². The highest BCUT2D eigenvalue weighted by Gasteiger charge is 2.15. The fraction of sp³-hybridized carbons (Fsp3) is 0.190. The number of ether oxygens (including phenoxy) is 1. The van der Waals surface area contributed by atoms with Gasteiger partial charge in [0.15, 0.2) is 0 Å². The molecule has 0 saturated carbocycles. The van der Waals surface area contributed by atoms with Crippen LogP contribution in [0.15, 0.2) is 59.2 Å². The normalized spacial score (nSPS) is 12.7. The lowest BCUT2D eigenvalue weighted by Gasteiger charge is -2.09. The van der Waals surface area contributed by atoms with Gasteiger partial charge in [0.2, 0.25) is 5.91 Å². The first-order valence-electron chi connectivity index (χ1n) is 8.85. The highest BCUT2D eigenvalue weighted by atomic mass is 32.2. The number of hydrogen-bond acceptors (Lipinski definition) is 6. The third-order valence-electron chi connectivity index (χ3n) is 4.10. The number of rotatable bonds is 5. The first-order chi connectivity index (χ1) is 13.9. The minimum atomic E-state index is -0.378. The molecule has 0 aliphatic carbocycles. The standard InChI is InChI=1S/C21H20FN3O3S/c1-13-9-14(22)7-8-16(13)24-19(26)12-29-20-10-15(11-21(27)28-2)23-17-5-3-4-6-18(17)25-20/h3-10,23H,11-12H2,1-2H3,(H,24,26). The predicted octanol–water partition coefficient (Wildman–Crippen LogP) is 4.41. The fourth-order valence-electron chi connectivity index (χ4n) is 2.68. The zero-order chi connectivity index (χ0) is 20.8. The van der Waals surface area contributed by atoms with Crippen LogP contribution in [0.5, 0.6) is 0 Å². The van der Waals surface area contributed by atoms with Crippen molar-refractivity contribution in [3.05, 3.63) is 65.6 Å². The number of benzene rings is 2. The molecule has 0 saturated heterocycles. The number of aliphatic imine (C=N–C) groups is 1. The van der Waals surface area contributed by atoms with E-state index in [-0.39, 0.29) is 29.9 Å². The van der Waals surface area contributed by atoms with Crippen molar-refractivity contribution in [2.24, 2.45) is 4.99 Å². The van der Waals surface area contributed by atoms with Crippen LogP contribution in [0.3, 0.4) is 0 Å². The van der Waals surface area contributed by atoms with Crippen LogP contribution in [0.2, 0.25) is 0 Å². The highest BCUT2D eigenvalue weighted by molar-refractivity contribution is 8.14. The second kappa shape index (κ2) is 9.38. The number of fused-ring (bicyclic) bond motifs is 1. The van der Waals surface area contributed by atoms with Gasteiger partial charge in [-0.1, -0.05) is 23.9 Å². The van der Waals surface area contributed by atoms with Crippen molar-refractivity contribution in [1.29, 1.82) is 0 Å². The first-order valence-corrected chi connectivity index (χ1v) is 9.84. The Morgan fingerprint density at radius 1 is 1.24 bits per heavy atom. The average Bonchev–Trinajstić information content (AvgIpc) is 2.87. The molecule has 6 nitrogen and oxygen atoms in total. The Hall–Kier alpha value is -3.13. The van der Waals surface area contributed by atoms with Gasteiger partial charge in [0, 0.05) is 11.4 Å². The second-order valence-electron chi connectivity index (χ2n) is 6.31. The zero-order valence-electron chi connectivity index (χ0n) is 16.0. The summed E-state index contributed by atoms with van der Waals surface area (Å²) >= 11 is 1.24. The van der Waals surface area contributed by atoms with E-state index in [4.69, 9.17) is 4.74 Å². The van der Waals surface area contributed by atoms with E-state index in [1.807, 2.05) is 24.3 Å². The van der Waals surface area contributed by atoms with Crippen molar-refractivity contribution in [3.63, 3.8) is 0 Å². The fourth-order valence-corrected chi connectivity index (χ4v) is 3.42. The van der Waals surface area contributed by atoms with Crippen LogP contribution in [0.25, 0.3) is 0 Å². The van der Waals surface area contributed by atoms with E-state index in [0.717, 1.165) is 5.69 Å². The molecule has 0 spiro atoms. The van der Waals surface area contributed by atoms with E-state index >= 15 is 0 Å². The summed E-state index contributed by atoms with van der Waals surface area (Å²) in [4.78, 5) is 28.6. The number of aryl methyl sites for hydroxylation is 1. The minimum Gasteiger partial charge on any atom is -0.469 e. The summed E-state index contributed by atoms with van der Waals surface area (Å²) in [5, 5.41) is 6.55. The lowest BCUT2D eigenvalue weighted by Crippen LogP contribution is -2.16. The number of para-hydroxylation sites is 2. The van der Waals surface area contributed by atoms with E-state index in [2.05, 4.69) is 15.6 Å². The predicted molar refractivity (Wildman–Crippen MR) is 114 cm³/mol. The van der Waals surface area contributed by atoms with Crippen LogP contribution in [0.1, 0.15) is 12.0 Å². The largest absolute Gasteiger partial charge is 0.469 e. The molecule has 1 heterocycles. The molecule has 1 amide bonds. The number of nitrogens with zero attached hydrogens (tertiary/aromatic N) is 1. The number of amides is 1. The maximum atomic E-state index is 13.2. The molecule has 8 heteroatoms. The highest BCUT2D eigenvalue weighted by Crippen LogP contribution is 2.31. The molecule has 0 bridgehead atoms. The average molecular weight is 413 g/mol. The topological polar surface area (TPSA) is 79.8 Å². The Bertz CT molecular complexity index is 1000. The van der Waals surface area contributed by atoms with Gasteiger partial charge in [-0.15, -0.1) is 0 Å². The number of hydrogen-bond donors (Lipinski definition) is 2. The van der Waals surface area contributed by atoms with Gasteiger partial charge in [0.05, 0.1) is 35.7 Å². The molecule has 2 aromatic rings. The van der Waals surface area contributed by atoms with Gasteiger partial charge in [0.1, 0.15) is 5.82 Å². The molecule has 150 valence electrons. The number of carbonyl (C=O) groups excluding carboxylic acids is 2. The van der Waals surface area contributed by atoms with Crippen LogP contribution in [-0.4, -0.2) is 29.8 Å². The zero-order valence-corrected chi connectivity index (χ0v) is 16.8. The third-order valence-corrected chi connectivity index (χ3v) is 5.02. The van der Waals surface area contributed by atoms with Crippen molar-refractivity contribution in [2.75, 3.05) is 23.5 Å². The number of carbonyl (C=O) groups is 2. The molecule has 1 aliphatic rings. The van der Waals surface area contributed by atoms with Crippen molar-refractivity contribution in [1.82, 2.24) is 0 Å². The van der Waals surface area contributed by atoms with E-state index in [1.54, 1.807) is 13.0 Å². The van der Waals surface area contributed by atoms with Gasteiger partial charge in [-0.05, 0) is 48.9 Å². The number of methoxy groups -OCH3 is 1. The van der Waals surface area contributed by atoms with Gasteiger partial charge in [0.25, 0.3) is 0 Å². The summed E-state index contributed by atoms with van der Waals surface area (Å²) in [5.74, 6) is -0.852. The van der Waals surface area contributed by atoms with Crippen molar-refractivity contribution >= 4 is 45.7 Å². The van der Waals surface area contributed by atoms with Crippen molar-refractivity contribution < 1.29 is 18.7 Å². The Labute approximate surface area is 172 Å². The summed E-state index contributed by atoms with van der Waals surface area (Å²) < 4.78 is 18.0. The number of esters is 1. The molecule has 0 aromatic heterocycles. The van der Waals surface area contributed by atoms with E-state index in [0.29, 0.717) is 27.7 Å². The Morgan fingerprint density at radius 2 is 2.03 bits per heavy atom. The number of nitrogens with one attached hydrogen (secondary N) is 2. The van der Waals surface area contributed by atoms with Crippen molar-refractivity contribution in [3.8, 4) is 0 Å². The Balaban J connectivity index is 1.73. The lowest BCUT2D eigenvalue weighted by atomic mass is 10.2. The van der Waals surface area contributed by atoms with Crippen LogP contribution >= 0.6 is 11.8 Å². The molecule has 2 N–H and O–H groups in total. The Morgan fingerprint density at radius 3 is 2.79 bits per heavy atom. The Kier molecular flexibility index (Phi) is 6.66. The second-order valence-corrected chi connectivity index (χ2v) is 7.31. The molecule has 3 rings (SSSR count). The summed E-state index contributed by atoms with van der Waals surface area (Å²) in [6.07, 6.45) is 1.80. The number of anilines is 2. The number of halogens is 1. The molecular weight excluding hydrogens is 393 g/mol. The quantitative estimate of drug-likeness (QED) is 0.710. The van der Waals surface area contributed by atoms with Crippen LogP contribution in [-0.2, 0) is 14.3 Å². The molecule has 0 radical (unpaired) electrons. The number of thioether (sulfide) groups is 1. The summed E-state index contributed by atoms with van der Waals surface area (Å²) in [7, 11) is 1.33. The smallest absolute Gasteiger partial charge is 0.311 e. The van der Waals surface area contributed by atoms with Gasteiger partial charge < -0.3 is 15.4 Å². The summed E-state index contributed by atoms with van der Waals surface area (Å²) in [5.41, 5.74) is 3.32. The maximum absolute atomic E-state index is 13.2. The molecule has 0 unspecified atom stereocenters. The molecular formula is C21H20FN3O3S.